The summed E-state index contributed by atoms with van der Waals surface area (Å²) < 4.78 is 6.09. The van der Waals surface area contributed by atoms with Gasteiger partial charge in [0.1, 0.15) is 6.10 Å². The van der Waals surface area contributed by atoms with Crippen LogP contribution in [-0.4, -0.2) is 17.9 Å². The third kappa shape index (κ3) is 3.72. The van der Waals surface area contributed by atoms with E-state index >= 15 is 0 Å². The molecule has 3 heteroatoms. The summed E-state index contributed by atoms with van der Waals surface area (Å²) in [5.74, 6) is 2.48. The molecular formula is C26H40O3. The van der Waals surface area contributed by atoms with Gasteiger partial charge in [0.05, 0.1) is 0 Å². The van der Waals surface area contributed by atoms with Crippen molar-refractivity contribution in [2.24, 2.45) is 28.6 Å². The van der Waals surface area contributed by atoms with Gasteiger partial charge < -0.3 is 4.74 Å². The number of allylic oxidation sites excluding steroid dienone is 1. The number of esters is 1. The molecule has 0 saturated heterocycles. The quantitative estimate of drug-likeness (QED) is 0.383. The number of unbranched alkanes of at least 4 members (excludes halogenated alkanes) is 3. The van der Waals surface area contributed by atoms with E-state index in [0.29, 0.717) is 24.0 Å². The molecular weight excluding hydrogens is 360 g/mol. The van der Waals surface area contributed by atoms with Gasteiger partial charge in [-0.15, -0.1) is 0 Å². The Kier molecular flexibility index (Phi) is 5.97. The molecule has 0 heterocycles. The molecule has 0 radical (unpaired) electrons. The first-order valence-electron chi connectivity index (χ1n) is 12.3. The highest BCUT2D eigenvalue weighted by molar-refractivity contribution is 5.91. The van der Waals surface area contributed by atoms with Gasteiger partial charge in [-0.05, 0) is 80.6 Å². The Balaban J connectivity index is 1.43. The number of carbonyl (C=O) groups excluding carboxylic acids is 2. The second kappa shape index (κ2) is 8.19. The van der Waals surface area contributed by atoms with Gasteiger partial charge in [-0.2, -0.15) is 0 Å². The number of ether oxygens (including phenoxy) is 1. The topological polar surface area (TPSA) is 43.4 Å². The van der Waals surface area contributed by atoms with E-state index in [-0.39, 0.29) is 22.9 Å². The summed E-state index contributed by atoms with van der Waals surface area (Å²) >= 11 is 0. The summed E-state index contributed by atoms with van der Waals surface area (Å²) in [6.07, 6.45) is 15.9. The summed E-state index contributed by atoms with van der Waals surface area (Å²) in [5.41, 5.74) is 1.82. The maximum atomic E-state index is 12.5. The lowest BCUT2D eigenvalue weighted by Gasteiger charge is -2.57. The van der Waals surface area contributed by atoms with Gasteiger partial charge in [-0.1, -0.05) is 45.6 Å². The maximum Gasteiger partial charge on any atom is 0.306 e. The average molecular weight is 401 g/mol. The minimum Gasteiger partial charge on any atom is -0.462 e. The zero-order chi connectivity index (χ0) is 20.6. The molecule has 4 rings (SSSR count). The van der Waals surface area contributed by atoms with E-state index in [1.54, 1.807) is 0 Å². The predicted octanol–water partition coefficient (Wildman–Crippen LogP) is 6.40. The first kappa shape index (κ1) is 21.1. The van der Waals surface area contributed by atoms with Crippen molar-refractivity contribution < 1.29 is 14.3 Å². The average Bonchev–Trinajstić information content (AvgIpc) is 3.02. The second-order valence-corrected chi connectivity index (χ2v) is 10.9. The zero-order valence-corrected chi connectivity index (χ0v) is 18.8. The lowest BCUT2D eigenvalue weighted by Crippen LogP contribution is -2.51. The van der Waals surface area contributed by atoms with Crippen LogP contribution < -0.4 is 0 Å². The second-order valence-electron chi connectivity index (χ2n) is 10.9. The van der Waals surface area contributed by atoms with Gasteiger partial charge in [0.2, 0.25) is 0 Å². The molecule has 0 N–H and O–H groups in total. The van der Waals surface area contributed by atoms with E-state index in [1.165, 1.54) is 44.1 Å². The molecule has 0 aromatic carbocycles. The van der Waals surface area contributed by atoms with Crippen molar-refractivity contribution in [2.75, 3.05) is 0 Å². The van der Waals surface area contributed by atoms with E-state index in [0.717, 1.165) is 44.4 Å². The highest BCUT2D eigenvalue weighted by Crippen LogP contribution is 2.65. The molecule has 3 nitrogen and oxygen atoms in total. The minimum absolute atomic E-state index is 0.0294. The van der Waals surface area contributed by atoms with Gasteiger partial charge in [-0.3, -0.25) is 9.59 Å². The lowest BCUT2D eigenvalue weighted by molar-refractivity contribution is -0.160. The Labute approximate surface area is 177 Å². The Morgan fingerprint density at radius 2 is 1.86 bits per heavy atom. The molecule has 3 fully saturated rings. The van der Waals surface area contributed by atoms with E-state index in [4.69, 9.17) is 4.74 Å². The van der Waals surface area contributed by atoms with Gasteiger partial charge in [-0.25, -0.2) is 0 Å². The monoisotopic (exact) mass is 400 g/mol. The molecule has 0 aromatic heterocycles. The van der Waals surface area contributed by atoms with Crippen molar-refractivity contribution in [2.45, 2.75) is 110 Å². The molecule has 3 saturated carbocycles. The molecule has 6 atom stereocenters. The summed E-state index contributed by atoms with van der Waals surface area (Å²) in [5, 5.41) is 0. The first-order valence-corrected chi connectivity index (χ1v) is 12.3. The number of rotatable bonds is 6. The number of hydrogen-bond donors (Lipinski definition) is 0. The Hall–Kier alpha value is -1.12. The Morgan fingerprint density at radius 3 is 2.66 bits per heavy atom. The van der Waals surface area contributed by atoms with Crippen LogP contribution >= 0.6 is 0 Å². The molecule has 0 bridgehead atoms. The van der Waals surface area contributed by atoms with Crippen LogP contribution in [0.2, 0.25) is 0 Å². The van der Waals surface area contributed by atoms with Crippen molar-refractivity contribution in [3.05, 3.63) is 11.6 Å². The fourth-order valence-electron chi connectivity index (χ4n) is 7.62. The molecule has 0 spiro atoms. The van der Waals surface area contributed by atoms with Crippen molar-refractivity contribution in [3.8, 4) is 0 Å². The summed E-state index contributed by atoms with van der Waals surface area (Å²) in [6, 6.07) is 0. The van der Waals surface area contributed by atoms with E-state index < -0.39 is 0 Å². The van der Waals surface area contributed by atoms with Gasteiger partial charge >= 0.3 is 5.97 Å². The third-order valence-electron chi connectivity index (χ3n) is 9.38. The summed E-state index contributed by atoms with van der Waals surface area (Å²) in [7, 11) is 0. The Morgan fingerprint density at radius 1 is 1.03 bits per heavy atom. The zero-order valence-electron chi connectivity index (χ0n) is 18.8. The molecule has 162 valence electrons. The molecule has 4 aliphatic carbocycles. The fraction of sp³-hybridized carbons (Fsp3) is 0.846. The number of hydrogen-bond acceptors (Lipinski definition) is 3. The van der Waals surface area contributed by atoms with Crippen molar-refractivity contribution in [1.82, 2.24) is 0 Å². The van der Waals surface area contributed by atoms with Crippen LogP contribution in [0.15, 0.2) is 11.6 Å². The van der Waals surface area contributed by atoms with E-state index in [9.17, 15) is 9.59 Å². The van der Waals surface area contributed by atoms with Gasteiger partial charge in [0, 0.05) is 18.3 Å². The lowest BCUT2D eigenvalue weighted by atomic mass is 9.47. The van der Waals surface area contributed by atoms with Crippen LogP contribution in [0.25, 0.3) is 0 Å². The standard InChI is InChI=1S/C26H40O3/c1-4-5-6-7-8-24(28)29-23-12-11-21-20-10-9-18-17-19(27)13-15-25(18,2)22(20)14-16-26(21,23)3/h17,20-23H,4-16H2,1-3H3/t20-,21-,22+,23+,25+,26-/m1/s1. The van der Waals surface area contributed by atoms with Gasteiger partial charge in [0.25, 0.3) is 0 Å². The normalized spacial score (nSPS) is 41.2. The van der Waals surface area contributed by atoms with Crippen LogP contribution in [0.1, 0.15) is 104 Å². The minimum atomic E-state index is 0.0294. The largest absolute Gasteiger partial charge is 0.462 e. The molecule has 0 amide bonds. The molecule has 29 heavy (non-hydrogen) atoms. The highest BCUT2D eigenvalue weighted by atomic mass is 16.5. The molecule has 4 aliphatic rings. The Bertz CT molecular complexity index is 679. The van der Waals surface area contributed by atoms with Gasteiger partial charge in [0.15, 0.2) is 5.78 Å². The SMILES string of the molecule is CCCCCCC(=O)O[C@H]1CC[C@@H]2[C@H]3CCC4=CC(=O)CC[C@]4(C)[C@H]3CC[C@@]12C. The first-order chi connectivity index (χ1) is 13.9. The fourth-order valence-corrected chi connectivity index (χ4v) is 7.62. The van der Waals surface area contributed by atoms with Crippen LogP contribution in [0, 0.1) is 28.6 Å². The highest BCUT2D eigenvalue weighted by Gasteiger charge is 2.59. The third-order valence-corrected chi connectivity index (χ3v) is 9.38. The van der Waals surface area contributed by atoms with Crippen molar-refractivity contribution in [1.29, 1.82) is 0 Å². The van der Waals surface area contributed by atoms with Crippen LogP contribution in [0.4, 0.5) is 0 Å². The van der Waals surface area contributed by atoms with Crippen molar-refractivity contribution >= 4 is 11.8 Å². The smallest absolute Gasteiger partial charge is 0.306 e. The predicted molar refractivity (Wildman–Crippen MR) is 115 cm³/mol. The van der Waals surface area contributed by atoms with Crippen LogP contribution in [-0.2, 0) is 14.3 Å². The molecule has 0 aromatic rings. The maximum absolute atomic E-state index is 12.5. The number of fused-ring (bicyclic) bond motifs is 5. The molecule has 0 aliphatic heterocycles. The van der Waals surface area contributed by atoms with E-state index in [2.05, 4.69) is 20.8 Å². The van der Waals surface area contributed by atoms with Crippen LogP contribution in [0.5, 0.6) is 0 Å². The number of ketones is 1. The molecule has 0 unspecified atom stereocenters. The summed E-state index contributed by atoms with van der Waals surface area (Å²) in [4.78, 5) is 24.5. The summed E-state index contributed by atoms with van der Waals surface area (Å²) in [6.45, 7) is 7.05. The van der Waals surface area contributed by atoms with E-state index in [1.807, 2.05) is 6.08 Å². The number of carbonyl (C=O) groups is 2. The van der Waals surface area contributed by atoms with Crippen LogP contribution in [0.3, 0.4) is 0 Å². The van der Waals surface area contributed by atoms with Crippen molar-refractivity contribution in [3.63, 3.8) is 0 Å².